The maximum absolute atomic E-state index is 12.7. The number of carbonyl (C=O) groups excluding carboxylic acids is 2. The van der Waals surface area contributed by atoms with E-state index in [1.165, 1.54) is 0 Å². The summed E-state index contributed by atoms with van der Waals surface area (Å²) in [5.74, 6) is -0.578. The number of nitrogens with zero attached hydrogens (tertiary/aromatic N) is 2. The highest BCUT2D eigenvalue weighted by molar-refractivity contribution is 5.94. The Morgan fingerprint density at radius 1 is 1.35 bits per heavy atom. The number of amides is 1. The van der Waals surface area contributed by atoms with Gasteiger partial charge in [0, 0.05) is 12.6 Å². The van der Waals surface area contributed by atoms with Crippen molar-refractivity contribution < 1.29 is 14.3 Å². The predicted octanol–water partition coefficient (Wildman–Crippen LogP) is 3.15. The Morgan fingerprint density at radius 2 is 2.15 bits per heavy atom. The summed E-state index contributed by atoms with van der Waals surface area (Å²) in [7, 11) is 0. The van der Waals surface area contributed by atoms with Gasteiger partial charge in [0.2, 0.25) is 0 Å². The van der Waals surface area contributed by atoms with Crippen molar-refractivity contribution in [3.63, 3.8) is 0 Å². The molecule has 0 spiro atoms. The molecule has 1 saturated carbocycles. The molecule has 26 heavy (non-hydrogen) atoms. The molecule has 2 unspecified atom stereocenters. The predicted molar refractivity (Wildman–Crippen MR) is 97.6 cm³/mol. The van der Waals surface area contributed by atoms with Gasteiger partial charge in [-0.15, -0.1) is 0 Å². The molecule has 2 heterocycles. The number of fused-ring (bicyclic) bond motifs is 3. The number of hydrogen-bond acceptors (Lipinski definition) is 4. The smallest absolute Gasteiger partial charge is 0.338 e. The molecule has 1 aliphatic heterocycles. The summed E-state index contributed by atoms with van der Waals surface area (Å²) >= 11 is 0. The SMILES string of the molecule is CC12CCN(C(=O)COC(=O)c3ccc4nc[nH]c4c3)C(C1)C(C)(C)C2. The zero-order valence-electron chi connectivity index (χ0n) is 15.5. The van der Waals surface area contributed by atoms with Gasteiger partial charge < -0.3 is 14.6 Å². The first-order valence-corrected chi connectivity index (χ1v) is 9.17. The third-order valence-corrected chi connectivity index (χ3v) is 6.11. The number of likely N-dealkylation sites (tertiary alicyclic amines) is 1. The highest BCUT2D eigenvalue weighted by Crippen LogP contribution is 2.55. The van der Waals surface area contributed by atoms with E-state index in [9.17, 15) is 9.59 Å². The topological polar surface area (TPSA) is 75.3 Å². The van der Waals surface area contributed by atoms with Crippen LogP contribution in [-0.4, -0.2) is 45.9 Å². The molecule has 1 saturated heterocycles. The van der Waals surface area contributed by atoms with Crippen LogP contribution >= 0.6 is 0 Å². The second kappa shape index (κ2) is 5.83. The van der Waals surface area contributed by atoms with Crippen molar-refractivity contribution in [1.29, 1.82) is 0 Å². The summed E-state index contributed by atoms with van der Waals surface area (Å²) < 4.78 is 5.30. The van der Waals surface area contributed by atoms with E-state index in [-0.39, 0.29) is 24.0 Å². The number of ether oxygens (including phenoxy) is 1. The molecule has 138 valence electrons. The van der Waals surface area contributed by atoms with Crippen LogP contribution in [0.4, 0.5) is 0 Å². The summed E-state index contributed by atoms with van der Waals surface area (Å²) in [6.45, 7) is 7.34. The first kappa shape index (κ1) is 17.1. The van der Waals surface area contributed by atoms with Crippen molar-refractivity contribution >= 4 is 22.9 Å². The van der Waals surface area contributed by atoms with Crippen LogP contribution in [0.15, 0.2) is 24.5 Å². The third kappa shape index (κ3) is 2.87. The lowest BCUT2D eigenvalue weighted by Gasteiger charge is -2.40. The van der Waals surface area contributed by atoms with E-state index in [0.29, 0.717) is 11.0 Å². The van der Waals surface area contributed by atoms with E-state index in [1.54, 1.807) is 24.5 Å². The minimum atomic E-state index is -0.484. The fraction of sp³-hybridized carbons (Fsp3) is 0.550. The van der Waals surface area contributed by atoms with Gasteiger partial charge in [-0.25, -0.2) is 9.78 Å². The van der Waals surface area contributed by atoms with E-state index >= 15 is 0 Å². The molecule has 2 fully saturated rings. The van der Waals surface area contributed by atoms with Gasteiger partial charge in [0.05, 0.1) is 22.9 Å². The maximum Gasteiger partial charge on any atom is 0.338 e. The summed E-state index contributed by atoms with van der Waals surface area (Å²) in [4.78, 5) is 34.1. The Bertz CT molecular complexity index is 872. The first-order valence-electron chi connectivity index (χ1n) is 9.17. The molecule has 4 rings (SSSR count). The highest BCUT2D eigenvalue weighted by Gasteiger charge is 2.53. The van der Waals surface area contributed by atoms with Crippen molar-refractivity contribution in [3.05, 3.63) is 30.1 Å². The maximum atomic E-state index is 12.7. The quantitative estimate of drug-likeness (QED) is 0.858. The highest BCUT2D eigenvalue weighted by atomic mass is 16.5. The van der Waals surface area contributed by atoms with E-state index < -0.39 is 5.97 Å². The number of carbonyl (C=O) groups is 2. The van der Waals surface area contributed by atoms with Crippen LogP contribution in [0.3, 0.4) is 0 Å². The van der Waals surface area contributed by atoms with Crippen molar-refractivity contribution in [2.75, 3.05) is 13.2 Å². The molecule has 2 atom stereocenters. The molecule has 1 aliphatic carbocycles. The summed E-state index contributed by atoms with van der Waals surface area (Å²) in [6.07, 6.45) is 4.77. The number of hydrogen-bond donors (Lipinski definition) is 1. The van der Waals surface area contributed by atoms with Gasteiger partial charge in [-0.05, 0) is 48.3 Å². The standard InChI is InChI=1S/C20H25N3O3/c1-19(2)11-20(3)6-7-23(16(19)9-20)17(24)10-26-18(25)13-4-5-14-15(8-13)22-12-21-14/h4-5,8,12,16H,6-7,9-11H2,1-3H3,(H,21,22). The van der Waals surface area contributed by atoms with E-state index in [4.69, 9.17) is 4.74 Å². The van der Waals surface area contributed by atoms with Gasteiger partial charge in [0.1, 0.15) is 0 Å². The lowest BCUT2D eigenvalue weighted by molar-refractivity contribution is -0.140. The normalized spacial score (nSPS) is 26.9. The molecule has 1 aromatic heterocycles. The average Bonchev–Trinajstić information content (AvgIpc) is 3.12. The van der Waals surface area contributed by atoms with Crippen molar-refractivity contribution in [1.82, 2.24) is 14.9 Å². The molecule has 2 bridgehead atoms. The molecule has 2 aliphatic rings. The number of benzene rings is 1. The molecule has 6 heteroatoms. The second-order valence-corrected chi connectivity index (χ2v) is 8.74. The Balaban J connectivity index is 1.41. The zero-order chi connectivity index (χ0) is 18.5. The Morgan fingerprint density at radius 3 is 2.96 bits per heavy atom. The molecular weight excluding hydrogens is 330 g/mol. The average molecular weight is 355 g/mol. The summed E-state index contributed by atoms with van der Waals surface area (Å²) in [5.41, 5.74) is 2.42. The van der Waals surface area contributed by atoms with Gasteiger partial charge in [0.15, 0.2) is 6.61 Å². The molecule has 6 nitrogen and oxygen atoms in total. The van der Waals surface area contributed by atoms with Crippen LogP contribution in [0.1, 0.15) is 50.4 Å². The van der Waals surface area contributed by atoms with Crippen LogP contribution < -0.4 is 0 Å². The minimum Gasteiger partial charge on any atom is -0.452 e. The van der Waals surface area contributed by atoms with Crippen LogP contribution in [0.25, 0.3) is 11.0 Å². The summed E-state index contributed by atoms with van der Waals surface area (Å²) in [5, 5.41) is 0. The summed E-state index contributed by atoms with van der Waals surface area (Å²) in [6, 6.07) is 5.36. The second-order valence-electron chi connectivity index (χ2n) is 8.74. The fourth-order valence-electron chi connectivity index (χ4n) is 4.96. The van der Waals surface area contributed by atoms with Crippen molar-refractivity contribution in [2.24, 2.45) is 10.8 Å². The molecule has 2 aromatic rings. The fourth-order valence-corrected chi connectivity index (χ4v) is 4.96. The Hall–Kier alpha value is -2.37. The van der Waals surface area contributed by atoms with Crippen molar-refractivity contribution in [3.8, 4) is 0 Å². The number of esters is 1. The minimum absolute atomic E-state index is 0.0945. The third-order valence-electron chi connectivity index (χ3n) is 6.11. The number of nitrogens with one attached hydrogen (secondary N) is 1. The van der Waals surface area contributed by atoms with Crippen LogP contribution in [0.5, 0.6) is 0 Å². The number of H-pyrrole nitrogens is 1. The van der Waals surface area contributed by atoms with Crippen molar-refractivity contribution in [2.45, 2.75) is 46.1 Å². The number of imidazole rings is 1. The molecule has 0 radical (unpaired) electrons. The largest absolute Gasteiger partial charge is 0.452 e. The number of aromatic nitrogens is 2. The Labute approximate surface area is 152 Å². The van der Waals surface area contributed by atoms with Gasteiger partial charge in [0.25, 0.3) is 5.91 Å². The lowest BCUT2D eigenvalue weighted by Crippen LogP contribution is -2.49. The number of rotatable bonds is 3. The monoisotopic (exact) mass is 355 g/mol. The zero-order valence-corrected chi connectivity index (χ0v) is 15.5. The lowest BCUT2D eigenvalue weighted by atomic mass is 9.81. The van der Waals surface area contributed by atoms with Gasteiger partial charge in [-0.2, -0.15) is 0 Å². The first-order chi connectivity index (χ1) is 12.3. The van der Waals surface area contributed by atoms with Crippen LogP contribution in [-0.2, 0) is 9.53 Å². The van der Waals surface area contributed by atoms with E-state index in [2.05, 4.69) is 30.7 Å². The van der Waals surface area contributed by atoms with Gasteiger partial charge >= 0.3 is 5.97 Å². The van der Waals surface area contributed by atoms with Gasteiger partial charge in [-0.3, -0.25) is 4.79 Å². The Kier molecular flexibility index (Phi) is 3.82. The van der Waals surface area contributed by atoms with E-state index in [0.717, 1.165) is 36.8 Å². The van der Waals surface area contributed by atoms with Crippen LogP contribution in [0, 0.1) is 10.8 Å². The van der Waals surface area contributed by atoms with Crippen LogP contribution in [0.2, 0.25) is 0 Å². The number of aromatic amines is 1. The molecular formula is C20H25N3O3. The van der Waals surface area contributed by atoms with Gasteiger partial charge in [-0.1, -0.05) is 20.8 Å². The molecule has 1 amide bonds. The molecule has 1 N–H and O–H groups in total. The number of piperidine rings is 1. The van der Waals surface area contributed by atoms with E-state index in [1.807, 2.05) is 4.90 Å². The molecule has 1 aromatic carbocycles.